The lowest BCUT2D eigenvalue weighted by Crippen LogP contribution is -2.40. The third-order valence-corrected chi connectivity index (χ3v) is 3.92. The second-order valence-electron chi connectivity index (χ2n) is 6.39. The van der Waals surface area contributed by atoms with Gasteiger partial charge in [-0.2, -0.15) is 0 Å². The highest BCUT2D eigenvalue weighted by Crippen LogP contribution is 2.20. The average Bonchev–Trinajstić information content (AvgIpc) is 3.21. The van der Waals surface area contributed by atoms with Gasteiger partial charge in [0.15, 0.2) is 5.96 Å². The first-order valence-corrected chi connectivity index (χ1v) is 9.10. The second-order valence-corrected chi connectivity index (χ2v) is 6.39. The molecule has 0 saturated heterocycles. The first-order chi connectivity index (χ1) is 13.0. The van der Waals surface area contributed by atoms with E-state index in [4.69, 9.17) is 4.42 Å². The van der Waals surface area contributed by atoms with Crippen LogP contribution in [0.5, 0.6) is 0 Å². The lowest BCUT2D eigenvalue weighted by Gasteiger charge is -2.19. The van der Waals surface area contributed by atoms with Crippen molar-refractivity contribution in [1.82, 2.24) is 16.0 Å². The third-order valence-electron chi connectivity index (χ3n) is 3.92. The molecule has 1 aromatic heterocycles. The number of hydrogen-bond donors (Lipinski definition) is 4. The Labute approximate surface area is 159 Å². The van der Waals surface area contributed by atoms with Crippen molar-refractivity contribution in [3.63, 3.8) is 0 Å². The number of aliphatic hydroxyl groups is 1. The topological polar surface area (TPSA) is 98.9 Å². The molecule has 2 aromatic rings. The Hall–Kier alpha value is -2.80. The number of nitrogens with one attached hydrogen (secondary N) is 3. The normalized spacial score (nSPS) is 13.7. The lowest BCUT2D eigenvalue weighted by atomic mass is 10.0. The van der Waals surface area contributed by atoms with Crippen molar-refractivity contribution < 1.29 is 14.3 Å². The number of rotatable bonds is 9. The summed E-state index contributed by atoms with van der Waals surface area (Å²) in [6.07, 6.45) is 1.84. The summed E-state index contributed by atoms with van der Waals surface area (Å²) < 4.78 is 5.25. The highest BCUT2D eigenvalue weighted by atomic mass is 16.4. The van der Waals surface area contributed by atoms with E-state index >= 15 is 0 Å². The van der Waals surface area contributed by atoms with Crippen LogP contribution in [0.15, 0.2) is 58.1 Å². The molecule has 0 aliphatic carbocycles. The van der Waals surface area contributed by atoms with Crippen LogP contribution in [-0.4, -0.2) is 36.6 Å². The van der Waals surface area contributed by atoms with E-state index in [-0.39, 0.29) is 12.5 Å². The highest BCUT2D eigenvalue weighted by molar-refractivity contribution is 5.81. The largest absolute Gasteiger partial charge is 0.466 e. The first kappa shape index (κ1) is 20.5. The van der Waals surface area contributed by atoms with Crippen LogP contribution in [0.25, 0.3) is 0 Å². The fourth-order valence-corrected chi connectivity index (χ4v) is 2.42. The van der Waals surface area contributed by atoms with Crippen LogP contribution in [0.4, 0.5) is 0 Å². The van der Waals surface area contributed by atoms with E-state index in [9.17, 15) is 9.90 Å². The van der Waals surface area contributed by atoms with Crippen molar-refractivity contribution in [2.75, 3.05) is 19.6 Å². The van der Waals surface area contributed by atoms with Crippen LogP contribution in [0.3, 0.4) is 0 Å². The monoisotopic (exact) mass is 372 g/mol. The molecule has 2 rings (SSSR count). The van der Waals surface area contributed by atoms with E-state index in [2.05, 4.69) is 20.9 Å². The van der Waals surface area contributed by atoms with Crippen LogP contribution in [0, 0.1) is 0 Å². The van der Waals surface area contributed by atoms with Gasteiger partial charge in [0.2, 0.25) is 5.91 Å². The Morgan fingerprint density at radius 2 is 1.93 bits per heavy atom. The smallest absolute Gasteiger partial charge is 0.222 e. The van der Waals surface area contributed by atoms with Gasteiger partial charge in [0.1, 0.15) is 11.4 Å². The van der Waals surface area contributed by atoms with Crippen LogP contribution in [0.1, 0.15) is 31.6 Å². The van der Waals surface area contributed by atoms with Crippen LogP contribution < -0.4 is 16.0 Å². The molecule has 0 aliphatic rings. The molecule has 146 valence electrons. The predicted molar refractivity (Wildman–Crippen MR) is 105 cm³/mol. The fourth-order valence-electron chi connectivity index (χ4n) is 2.42. The number of guanidine groups is 1. The summed E-state index contributed by atoms with van der Waals surface area (Å²) in [6.45, 7) is 5.37. The Morgan fingerprint density at radius 3 is 2.59 bits per heavy atom. The van der Waals surface area contributed by atoms with Crippen molar-refractivity contribution in [3.05, 3.63) is 60.1 Å². The number of nitrogens with zero attached hydrogens (tertiary/aromatic N) is 1. The maximum absolute atomic E-state index is 12.0. The minimum atomic E-state index is -1.20. The Balaban J connectivity index is 1.77. The average molecular weight is 372 g/mol. The molecule has 1 heterocycles. The molecule has 0 spiro atoms. The highest BCUT2D eigenvalue weighted by Gasteiger charge is 2.26. The van der Waals surface area contributed by atoms with Gasteiger partial charge < -0.3 is 25.5 Å². The van der Waals surface area contributed by atoms with Gasteiger partial charge in [-0.05, 0) is 31.5 Å². The SMILES string of the molecule is CCNC(=NCC(C)(O)c1ccco1)NCCC(=O)NCc1ccccc1. The summed E-state index contributed by atoms with van der Waals surface area (Å²) in [5.41, 5.74) is -0.132. The van der Waals surface area contributed by atoms with Crippen molar-refractivity contribution >= 4 is 11.9 Å². The minimum absolute atomic E-state index is 0.0372. The van der Waals surface area contributed by atoms with E-state index in [1.54, 1.807) is 19.1 Å². The number of benzene rings is 1. The van der Waals surface area contributed by atoms with E-state index < -0.39 is 5.60 Å². The summed E-state index contributed by atoms with van der Waals surface area (Å²) in [5.74, 6) is 0.965. The zero-order valence-electron chi connectivity index (χ0n) is 15.9. The van der Waals surface area contributed by atoms with Crippen molar-refractivity contribution in [1.29, 1.82) is 0 Å². The maximum atomic E-state index is 12.0. The van der Waals surface area contributed by atoms with Gasteiger partial charge in [0.05, 0.1) is 12.8 Å². The zero-order chi connectivity index (χ0) is 19.5. The Bertz CT molecular complexity index is 712. The number of carbonyl (C=O) groups excluding carboxylic acids is 1. The van der Waals surface area contributed by atoms with Gasteiger partial charge in [-0.25, -0.2) is 4.99 Å². The molecule has 7 nitrogen and oxygen atoms in total. The zero-order valence-corrected chi connectivity index (χ0v) is 15.9. The number of aliphatic imine (C=N–C) groups is 1. The molecule has 4 N–H and O–H groups in total. The molecule has 27 heavy (non-hydrogen) atoms. The van der Waals surface area contributed by atoms with E-state index in [1.807, 2.05) is 37.3 Å². The molecule has 0 saturated carbocycles. The molecule has 0 aliphatic heterocycles. The molecule has 7 heteroatoms. The molecule has 1 amide bonds. The molecule has 1 aromatic carbocycles. The molecule has 1 unspecified atom stereocenters. The summed E-state index contributed by atoms with van der Waals surface area (Å²) >= 11 is 0. The number of amides is 1. The molecule has 1 atom stereocenters. The van der Waals surface area contributed by atoms with Gasteiger partial charge in [0.25, 0.3) is 0 Å². The summed E-state index contributed by atoms with van der Waals surface area (Å²) in [5, 5.41) is 19.6. The summed E-state index contributed by atoms with van der Waals surface area (Å²) in [4.78, 5) is 16.3. The first-order valence-electron chi connectivity index (χ1n) is 9.10. The summed E-state index contributed by atoms with van der Waals surface area (Å²) in [6, 6.07) is 13.2. The van der Waals surface area contributed by atoms with Gasteiger partial charge in [-0.3, -0.25) is 4.79 Å². The Kier molecular flexibility index (Phi) is 7.88. The number of furan rings is 1. The quantitative estimate of drug-likeness (QED) is 0.397. The van der Waals surface area contributed by atoms with E-state index in [1.165, 1.54) is 6.26 Å². The van der Waals surface area contributed by atoms with Crippen LogP contribution >= 0.6 is 0 Å². The van der Waals surface area contributed by atoms with Crippen molar-refractivity contribution in [2.45, 2.75) is 32.4 Å². The predicted octanol–water partition coefficient (Wildman–Crippen LogP) is 1.75. The van der Waals surface area contributed by atoms with Gasteiger partial charge in [0, 0.05) is 26.1 Å². The van der Waals surface area contributed by atoms with Crippen LogP contribution in [0.2, 0.25) is 0 Å². The number of hydrogen-bond acceptors (Lipinski definition) is 4. The van der Waals surface area contributed by atoms with Crippen molar-refractivity contribution in [2.24, 2.45) is 4.99 Å². The van der Waals surface area contributed by atoms with E-state index in [0.717, 1.165) is 5.56 Å². The molecular weight excluding hydrogens is 344 g/mol. The standard InChI is InChI=1S/C20H28N4O3/c1-3-21-19(24-15-20(2,26)17-10-7-13-27-17)22-12-11-18(25)23-14-16-8-5-4-6-9-16/h4-10,13,26H,3,11-12,14-15H2,1-2H3,(H,23,25)(H2,21,22,24). The fraction of sp³-hybridized carbons (Fsp3) is 0.400. The molecule has 0 bridgehead atoms. The molecule has 0 fully saturated rings. The number of carbonyl (C=O) groups is 1. The minimum Gasteiger partial charge on any atom is -0.466 e. The maximum Gasteiger partial charge on any atom is 0.222 e. The van der Waals surface area contributed by atoms with E-state index in [0.29, 0.717) is 37.8 Å². The van der Waals surface area contributed by atoms with Gasteiger partial charge in [-0.1, -0.05) is 30.3 Å². The second kappa shape index (κ2) is 10.4. The van der Waals surface area contributed by atoms with Gasteiger partial charge in [-0.15, -0.1) is 0 Å². The third kappa shape index (κ3) is 7.15. The lowest BCUT2D eigenvalue weighted by molar-refractivity contribution is -0.121. The summed E-state index contributed by atoms with van der Waals surface area (Å²) in [7, 11) is 0. The van der Waals surface area contributed by atoms with Gasteiger partial charge >= 0.3 is 0 Å². The molecular formula is C20H28N4O3. The van der Waals surface area contributed by atoms with Crippen LogP contribution in [-0.2, 0) is 16.9 Å². The van der Waals surface area contributed by atoms with Crippen molar-refractivity contribution in [3.8, 4) is 0 Å². The molecule has 0 radical (unpaired) electrons. The Morgan fingerprint density at radius 1 is 1.15 bits per heavy atom.